The molecule has 0 saturated carbocycles. The van der Waals surface area contributed by atoms with Crippen LogP contribution in [-0.2, 0) is 9.59 Å². The standard InChI is InChI=1S/C42H33N3O6S/c46-40(30-14-8-3-9-15-30)45-35(27-33-19-23-36(51-33)28-10-4-1-5-11-28)41(47)43-31-16-20-34(21-17-31)52-39(29-12-6-2-7-13-29)42(48)44-32-18-22-37-38(26-32)50-25-24-49-37/h1-23,26-27,39H,24-25H2,(H,43,47)(H,44,48)(H,45,46)/b35-27+/t39-/m1/s1. The lowest BCUT2D eigenvalue weighted by Crippen LogP contribution is -2.30. The normalized spacial score (nSPS) is 12.7. The lowest BCUT2D eigenvalue weighted by Gasteiger charge is -2.20. The quantitative estimate of drug-likeness (QED) is 0.0912. The summed E-state index contributed by atoms with van der Waals surface area (Å²) in [5, 5.41) is 8.06. The molecule has 3 amide bonds. The second-order valence-corrected chi connectivity index (χ2v) is 12.9. The molecule has 0 unspecified atom stereocenters. The van der Waals surface area contributed by atoms with Crippen LogP contribution in [0.1, 0.15) is 26.9 Å². The van der Waals surface area contributed by atoms with Gasteiger partial charge in [-0.2, -0.15) is 0 Å². The van der Waals surface area contributed by atoms with Crippen LogP contribution in [0.5, 0.6) is 11.5 Å². The van der Waals surface area contributed by atoms with Crippen LogP contribution in [0.2, 0.25) is 0 Å². The molecule has 1 aliphatic heterocycles. The Morgan fingerprint density at radius 2 is 1.31 bits per heavy atom. The minimum Gasteiger partial charge on any atom is -0.486 e. The number of carbonyl (C=O) groups excluding carboxylic acids is 3. The van der Waals surface area contributed by atoms with Crippen molar-refractivity contribution in [1.82, 2.24) is 5.32 Å². The van der Waals surface area contributed by atoms with Gasteiger partial charge in [0.1, 0.15) is 35.7 Å². The smallest absolute Gasteiger partial charge is 0.272 e. The van der Waals surface area contributed by atoms with E-state index < -0.39 is 17.1 Å². The fraction of sp³-hybridized carbons (Fsp3) is 0.0714. The Morgan fingerprint density at radius 1 is 0.654 bits per heavy atom. The summed E-state index contributed by atoms with van der Waals surface area (Å²) in [5.74, 6) is 1.07. The highest BCUT2D eigenvalue weighted by Gasteiger charge is 2.24. The van der Waals surface area contributed by atoms with Crippen LogP contribution < -0.4 is 25.4 Å². The average molecular weight is 708 g/mol. The minimum absolute atomic E-state index is 0.00113. The summed E-state index contributed by atoms with van der Waals surface area (Å²) in [7, 11) is 0. The van der Waals surface area contributed by atoms with Gasteiger partial charge in [-0.25, -0.2) is 0 Å². The molecular formula is C42H33N3O6S. The molecule has 7 rings (SSSR count). The van der Waals surface area contributed by atoms with E-state index in [2.05, 4.69) is 16.0 Å². The van der Waals surface area contributed by atoms with E-state index >= 15 is 0 Å². The maximum absolute atomic E-state index is 13.7. The van der Waals surface area contributed by atoms with Gasteiger partial charge >= 0.3 is 0 Å². The fourth-order valence-corrected chi connectivity index (χ4v) is 6.48. The Bertz CT molecular complexity index is 2200. The summed E-state index contributed by atoms with van der Waals surface area (Å²) in [5.41, 5.74) is 3.21. The summed E-state index contributed by atoms with van der Waals surface area (Å²) in [4.78, 5) is 41.3. The zero-order valence-electron chi connectivity index (χ0n) is 27.8. The zero-order chi connectivity index (χ0) is 35.7. The number of ether oxygens (including phenoxy) is 2. The van der Waals surface area contributed by atoms with Crippen molar-refractivity contribution >= 4 is 46.9 Å². The fourth-order valence-electron chi connectivity index (χ4n) is 5.45. The van der Waals surface area contributed by atoms with Crippen molar-refractivity contribution in [1.29, 1.82) is 0 Å². The van der Waals surface area contributed by atoms with Crippen LogP contribution >= 0.6 is 11.8 Å². The van der Waals surface area contributed by atoms with E-state index in [1.807, 2.05) is 84.9 Å². The molecule has 0 fully saturated rings. The summed E-state index contributed by atoms with van der Waals surface area (Å²) >= 11 is 1.38. The molecule has 0 spiro atoms. The van der Waals surface area contributed by atoms with Crippen molar-refractivity contribution in [3.05, 3.63) is 168 Å². The highest BCUT2D eigenvalue weighted by Crippen LogP contribution is 2.38. The molecule has 0 saturated heterocycles. The van der Waals surface area contributed by atoms with Gasteiger partial charge in [-0.05, 0) is 66.2 Å². The molecule has 0 bridgehead atoms. The van der Waals surface area contributed by atoms with Crippen LogP contribution in [0, 0.1) is 0 Å². The second-order valence-electron chi connectivity index (χ2n) is 11.7. The first-order chi connectivity index (χ1) is 25.5. The van der Waals surface area contributed by atoms with Gasteiger partial charge in [-0.1, -0.05) is 78.9 Å². The first kappa shape index (κ1) is 34.0. The van der Waals surface area contributed by atoms with Crippen molar-refractivity contribution in [2.45, 2.75) is 10.1 Å². The molecule has 1 aromatic heterocycles. The van der Waals surface area contributed by atoms with Crippen molar-refractivity contribution in [2.75, 3.05) is 23.8 Å². The Hall–Kier alpha value is -6.52. The largest absolute Gasteiger partial charge is 0.486 e. The molecule has 3 N–H and O–H groups in total. The molecule has 6 aromatic rings. The summed E-state index contributed by atoms with van der Waals surface area (Å²) in [6, 6.07) is 43.8. The number of anilines is 2. The van der Waals surface area contributed by atoms with Crippen molar-refractivity contribution < 1.29 is 28.3 Å². The van der Waals surface area contributed by atoms with Gasteiger partial charge in [0.25, 0.3) is 11.8 Å². The third kappa shape index (κ3) is 8.43. The number of furan rings is 1. The zero-order valence-corrected chi connectivity index (χ0v) is 28.6. The number of thioether (sulfide) groups is 1. The maximum Gasteiger partial charge on any atom is 0.272 e. The first-order valence-corrected chi connectivity index (χ1v) is 17.4. The van der Waals surface area contributed by atoms with Gasteiger partial charge in [-0.15, -0.1) is 11.8 Å². The predicted octanol–water partition coefficient (Wildman–Crippen LogP) is 8.60. The molecule has 1 atom stereocenters. The lowest BCUT2D eigenvalue weighted by atomic mass is 10.1. The van der Waals surface area contributed by atoms with Crippen molar-refractivity contribution in [3.63, 3.8) is 0 Å². The predicted molar refractivity (Wildman–Crippen MR) is 202 cm³/mol. The van der Waals surface area contributed by atoms with Gasteiger partial charge in [0.05, 0.1) is 0 Å². The van der Waals surface area contributed by atoms with Crippen molar-refractivity contribution in [3.8, 4) is 22.8 Å². The Balaban J connectivity index is 1.08. The van der Waals surface area contributed by atoms with E-state index in [1.165, 1.54) is 17.8 Å². The molecule has 0 radical (unpaired) electrons. The Labute approximate surface area is 304 Å². The topological polar surface area (TPSA) is 119 Å². The number of amides is 3. The highest BCUT2D eigenvalue weighted by molar-refractivity contribution is 8.00. The van der Waals surface area contributed by atoms with E-state index in [4.69, 9.17) is 13.9 Å². The second kappa shape index (κ2) is 16.0. The number of fused-ring (bicyclic) bond motifs is 1. The third-order valence-corrected chi connectivity index (χ3v) is 9.28. The Morgan fingerprint density at radius 3 is 2.04 bits per heavy atom. The number of hydrogen-bond donors (Lipinski definition) is 3. The molecule has 258 valence electrons. The van der Waals surface area contributed by atoms with E-state index in [-0.39, 0.29) is 11.6 Å². The van der Waals surface area contributed by atoms with Gasteiger partial charge < -0.3 is 29.8 Å². The number of benzene rings is 5. The monoisotopic (exact) mass is 707 g/mol. The molecule has 1 aliphatic rings. The number of nitrogens with one attached hydrogen (secondary N) is 3. The molecule has 0 aliphatic carbocycles. The molecule has 10 heteroatoms. The summed E-state index contributed by atoms with van der Waals surface area (Å²) < 4.78 is 17.3. The third-order valence-electron chi connectivity index (χ3n) is 8.02. The van der Waals surface area contributed by atoms with Crippen LogP contribution in [0.25, 0.3) is 17.4 Å². The van der Waals surface area contributed by atoms with E-state index in [0.29, 0.717) is 53.2 Å². The SMILES string of the molecule is O=C(Nc1ccc(S[C@@H](C(=O)Nc2ccc3c(c2)OCCO3)c2ccccc2)cc1)/C(=C\c1ccc(-c2ccccc2)o1)NC(=O)c1ccccc1. The van der Waals surface area contributed by atoms with Crippen LogP contribution in [0.15, 0.2) is 161 Å². The molecule has 5 aromatic carbocycles. The van der Waals surface area contributed by atoms with Gasteiger partial charge in [0, 0.05) is 39.5 Å². The van der Waals surface area contributed by atoms with Gasteiger partial charge in [0.2, 0.25) is 5.91 Å². The van der Waals surface area contributed by atoms with Gasteiger partial charge in [0.15, 0.2) is 11.5 Å². The number of rotatable bonds is 11. The first-order valence-electron chi connectivity index (χ1n) is 16.6. The van der Waals surface area contributed by atoms with Crippen LogP contribution in [-0.4, -0.2) is 30.9 Å². The highest BCUT2D eigenvalue weighted by atomic mass is 32.2. The van der Waals surface area contributed by atoms with Crippen molar-refractivity contribution in [2.24, 2.45) is 0 Å². The molecular weight excluding hydrogens is 675 g/mol. The van der Waals surface area contributed by atoms with Crippen LogP contribution in [0.3, 0.4) is 0 Å². The Kier molecular flexibility index (Phi) is 10.5. The average Bonchev–Trinajstić information content (AvgIpc) is 3.67. The van der Waals surface area contributed by atoms with E-state index in [1.54, 1.807) is 60.7 Å². The van der Waals surface area contributed by atoms with E-state index in [9.17, 15) is 14.4 Å². The van der Waals surface area contributed by atoms with Gasteiger partial charge in [-0.3, -0.25) is 14.4 Å². The lowest BCUT2D eigenvalue weighted by molar-refractivity contribution is -0.116. The summed E-state index contributed by atoms with van der Waals surface area (Å²) in [6.07, 6.45) is 1.50. The molecule has 9 nitrogen and oxygen atoms in total. The maximum atomic E-state index is 13.7. The number of carbonyl (C=O) groups is 3. The summed E-state index contributed by atoms with van der Waals surface area (Å²) in [6.45, 7) is 0.931. The van der Waals surface area contributed by atoms with E-state index in [0.717, 1.165) is 16.0 Å². The molecule has 52 heavy (non-hydrogen) atoms. The number of hydrogen-bond acceptors (Lipinski definition) is 7. The molecule has 2 heterocycles. The minimum atomic E-state index is -0.577. The van der Waals surface area contributed by atoms with Crippen LogP contribution in [0.4, 0.5) is 11.4 Å².